The first-order chi connectivity index (χ1) is 26.9. The lowest BCUT2D eigenvalue weighted by Crippen LogP contribution is -2.34. The molecule has 1 heterocycles. The number of phosphoric acid groups is 5. The van der Waals surface area contributed by atoms with Crippen LogP contribution in [-0.4, -0.2) is 56.0 Å². The number of benzene rings is 3. The Morgan fingerprint density at radius 2 is 0.932 bits per heavy atom. The molecule has 1 aliphatic heterocycles. The van der Waals surface area contributed by atoms with E-state index in [-0.39, 0.29) is 17.1 Å². The van der Waals surface area contributed by atoms with E-state index >= 15 is 0 Å². The highest BCUT2D eigenvalue weighted by Crippen LogP contribution is 2.63. The van der Waals surface area contributed by atoms with E-state index in [2.05, 4.69) is 26.5 Å². The lowest BCUT2D eigenvalue weighted by molar-refractivity contribution is -0.385. The van der Waals surface area contributed by atoms with Crippen LogP contribution in [0.3, 0.4) is 0 Å². The van der Waals surface area contributed by atoms with Gasteiger partial charge in [0.15, 0.2) is 0 Å². The predicted molar refractivity (Wildman–Crippen MR) is 174 cm³/mol. The zero-order chi connectivity index (χ0) is 45.1. The second-order valence-corrected chi connectivity index (χ2v) is 17.6. The molecule has 4 rings (SSSR count). The monoisotopic (exact) mass is 940 g/mol. The summed E-state index contributed by atoms with van der Waals surface area (Å²) >= 11 is 0. The Balaban J connectivity index is 0.000000357. The normalized spacial score (nSPS) is 21.6. The number of hydrogen-bond donors (Lipinski definition) is 2. The Kier molecular flexibility index (Phi) is 18.1. The lowest BCUT2D eigenvalue weighted by Gasteiger charge is -2.34. The Labute approximate surface area is 327 Å². The van der Waals surface area contributed by atoms with Crippen molar-refractivity contribution in [2.24, 2.45) is 0 Å². The van der Waals surface area contributed by atoms with Crippen molar-refractivity contribution in [2.75, 3.05) is 6.61 Å². The predicted octanol–water partition coefficient (Wildman–Crippen LogP) is -1.11. The van der Waals surface area contributed by atoms with Crippen molar-refractivity contribution >= 4 is 56.2 Å². The van der Waals surface area contributed by atoms with Gasteiger partial charge in [0.05, 0.1) is 35.3 Å². The number of aliphatic hydroxyl groups excluding tert-OH is 2. The fourth-order valence-electron chi connectivity index (χ4n) is 3.76. The number of nitro groups is 3. The molecule has 0 amide bonds. The Bertz CT molecular complexity index is 2170. The maximum atomic E-state index is 11.7. The van der Waals surface area contributed by atoms with Crippen LogP contribution in [0.1, 0.15) is 6.92 Å². The van der Waals surface area contributed by atoms with Gasteiger partial charge < -0.3 is 67.6 Å². The third kappa shape index (κ3) is 18.8. The van der Waals surface area contributed by atoms with Crippen molar-refractivity contribution in [3.63, 3.8) is 0 Å². The SMILES string of the molecule is CC1OC(COP(=O)([O-])OP(=O)([O-])OP(=O)([O-])Oc2ccc([N+](=O)[O-])cc2)C(O)C1O.O=[N+]([O-])c1ccc(OP(=O)([O-])OP(=O)([O-])[O-])cc1.O=[N+]([O-])c1ccc([O-])cc1. The molecule has 3 aromatic carbocycles. The van der Waals surface area contributed by atoms with Crippen LogP contribution >= 0.6 is 39.1 Å². The average molecular weight is 940 g/mol. The summed E-state index contributed by atoms with van der Waals surface area (Å²) in [5.41, 5.74) is -0.809. The third-order valence-electron chi connectivity index (χ3n) is 6.18. The molecule has 1 fully saturated rings. The molecule has 0 bridgehead atoms. The molecule has 30 nitrogen and oxygen atoms in total. The highest BCUT2D eigenvalue weighted by atomic mass is 31.3. The van der Waals surface area contributed by atoms with Gasteiger partial charge in [0.25, 0.3) is 32.7 Å². The summed E-state index contributed by atoms with van der Waals surface area (Å²) in [6, 6.07) is 11.6. The number of hydrogen-bond acceptors (Lipinski definition) is 27. The molecule has 328 valence electrons. The van der Waals surface area contributed by atoms with E-state index in [1.807, 2.05) is 0 Å². The van der Waals surface area contributed by atoms with E-state index < -0.39 is 102 Å². The highest BCUT2D eigenvalue weighted by molar-refractivity contribution is 7.65. The molecule has 0 aromatic heterocycles. The largest absolute Gasteiger partial charge is 0.872 e. The fraction of sp³-hybridized carbons (Fsp3) is 0.250. The van der Waals surface area contributed by atoms with Crippen LogP contribution < -0.4 is 43.5 Å². The third-order valence-corrected chi connectivity index (χ3v) is 12.3. The van der Waals surface area contributed by atoms with Gasteiger partial charge in [-0.1, -0.05) is 12.1 Å². The van der Waals surface area contributed by atoms with Crippen molar-refractivity contribution in [1.29, 1.82) is 0 Å². The van der Waals surface area contributed by atoms with E-state index in [1.54, 1.807) is 0 Å². The van der Waals surface area contributed by atoms with Crippen LogP contribution in [0.5, 0.6) is 17.2 Å². The average Bonchev–Trinajstić information content (AvgIpc) is 3.32. The van der Waals surface area contributed by atoms with Crippen LogP contribution in [0.2, 0.25) is 0 Å². The minimum atomic E-state index is -6.11. The van der Waals surface area contributed by atoms with Crippen molar-refractivity contribution in [1.82, 2.24) is 0 Å². The first kappa shape index (κ1) is 51.0. The van der Waals surface area contributed by atoms with E-state index in [0.717, 1.165) is 60.7 Å². The Hall–Kier alpha value is -4.11. The minimum Gasteiger partial charge on any atom is -0.872 e. The van der Waals surface area contributed by atoms with Gasteiger partial charge in [-0.2, -0.15) is 0 Å². The van der Waals surface area contributed by atoms with Gasteiger partial charge in [0, 0.05) is 36.4 Å². The van der Waals surface area contributed by atoms with Gasteiger partial charge in [-0.3, -0.25) is 52.9 Å². The van der Waals surface area contributed by atoms with E-state index in [0.29, 0.717) is 0 Å². The van der Waals surface area contributed by atoms with Crippen LogP contribution in [0, 0.1) is 30.3 Å². The summed E-state index contributed by atoms with van der Waals surface area (Å²) in [7, 11) is -28.7. The van der Waals surface area contributed by atoms with Gasteiger partial charge in [0.1, 0.15) is 29.8 Å². The van der Waals surface area contributed by atoms with E-state index in [9.17, 15) is 97.8 Å². The minimum absolute atomic E-state index is 0.0559. The first-order valence-corrected chi connectivity index (χ1v) is 22.1. The van der Waals surface area contributed by atoms with E-state index in [4.69, 9.17) is 4.74 Å². The molecule has 0 radical (unpaired) electrons. The molecule has 59 heavy (non-hydrogen) atoms. The molecule has 35 heteroatoms. The number of phosphoric ester groups is 3. The summed E-state index contributed by atoms with van der Waals surface area (Å²) in [4.78, 5) is 94.8. The van der Waals surface area contributed by atoms with E-state index in [1.165, 1.54) is 19.1 Å². The lowest BCUT2D eigenvalue weighted by atomic mass is 10.1. The number of non-ortho nitro benzene ring substituents is 3. The molecule has 0 aliphatic carbocycles. The Morgan fingerprint density at radius 1 is 0.576 bits per heavy atom. The van der Waals surface area contributed by atoms with Crippen molar-refractivity contribution in [3.8, 4) is 17.2 Å². The number of aliphatic hydroxyl groups is 2. The fourth-order valence-corrected chi connectivity index (χ4v) is 8.63. The first-order valence-electron chi connectivity index (χ1n) is 14.8. The maximum absolute atomic E-state index is 11.7. The van der Waals surface area contributed by atoms with Crippen molar-refractivity contribution in [2.45, 2.75) is 31.3 Å². The number of nitro benzene ring substituents is 3. The number of rotatable bonds is 16. The molecule has 8 atom stereocenters. The van der Waals surface area contributed by atoms with Crippen LogP contribution in [0.4, 0.5) is 17.1 Å². The molecule has 8 unspecified atom stereocenters. The zero-order valence-electron chi connectivity index (χ0n) is 28.6. The van der Waals surface area contributed by atoms with Crippen molar-refractivity contribution in [3.05, 3.63) is 103 Å². The Morgan fingerprint density at radius 3 is 1.27 bits per heavy atom. The van der Waals surface area contributed by atoms with Gasteiger partial charge in [-0.05, 0) is 31.2 Å². The number of nitrogens with zero attached hydrogens (tertiary/aromatic N) is 3. The smallest absolute Gasteiger partial charge is 0.326 e. The van der Waals surface area contributed by atoms with Crippen molar-refractivity contribution < 1.29 is 114 Å². The van der Waals surface area contributed by atoms with Crippen LogP contribution in [-0.2, 0) is 45.0 Å². The maximum Gasteiger partial charge on any atom is 0.326 e. The summed E-state index contributed by atoms with van der Waals surface area (Å²) in [5.74, 6) is -1.23. The number of ether oxygens (including phenoxy) is 1. The second-order valence-electron chi connectivity index (χ2n) is 10.6. The van der Waals surface area contributed by atoms with Gasteiger partial charge in [-0.25, -0.2) is 8.62 Å². The topological polar surface area (TPSA) is 481 Å². The van der Waals surface area contributed by atoms with Gasteiger partial charge in [-0.15, -0.1) is 5.75 Å². The molecule has 1 aliphatic rings. The summed E-state index contributed by atoms with van der Waals surface area (Å²) in [6.45, 7) is 0.412. The quantitative estimate of drug-likeness (QED) is 0.0977. The van der Waals surface area contributed by atoms with Gasteiger partial charge in [0.2, 0.25) is 0 Å². The molecular weight excluding hydrogens is 917 g/mol. The molecule has 0 saturated carbocycles. The second kappa shape index (κ2) is 20.9. The summed E-state index contributed by atoms with van der Waals surface area (Å²) in [6.07, 6.45) is -5.11. The van der Waals surface area contributed by atoms with Crippen LogP contribution in [0.25, 0.3) is 0 Å². The summed E-state index contributed by atoms with van der Waals surface area (Å²) in [5, 5.41) is 60.4. The standard InChI is InChI=1S/C12H18NO15P3.C6H7NO9P2.C6H5NO3/c1-7-11(14)12(15)10(25-7)6-24-29(18,19)27-31(22,23)28-30(20,21)26-9-4-2-8(3-5-9)13(16)17;8-7(9)5-1-3-6(4-2-5)15-18(13,14)16-17(10,11)12;8-6-3-1-5(2-4-6)7(9)10/h2-5,7,10-12,14-15H,6H2,1H3,(H,18,19)(H,20,21)(H,22,23);1-4H,(H,13,14)(H2,10,11,12);1-4,8H/p-7. The highest BCUT2D eigenvalue weighted by Gasteiger charge is 2.41. The van der Waals surface area contributed by atoms with Gasteiger partial charge >= 0.3 is 15.6 Å². The molecular formula is C24H23N3O27P5-7. The molecule has 3 aromatic rings. The zero-order valence-corrected chi connectivity index (χ0v) is 33.1. The molecule has 0 spiro atoms. The molecule has 1 saturated heterocycles. The van der Waals surface area contributed by atoms with Crippen LogP contribution in [0.15, 0.2) is 72.8 Å². The summed E-state index contributed by atoms with van der Waals surface area (Å²) < 4.78 is 84.0. The molecule has 2 N–H and O–H groups in total.